The standard InChI is InChI=1S/C37H76O11/c1-3-5-6-7-8-9-10-11-12-13-14-15-16-17-39-20-21-41-24-25-43-28-29-45-32-33-47-36-37-48-35-34-46-31-30-44-27-26-42-23-22-40-19-18-38-4-2/h3-37H2,1-2H3. The summed E-state index contributed by atoms with van der Waals surface area (Å²) in [6.07, 6.45) is 17.8. The van der Waals surface area contributed by atoms with Crippen LogP contribution in [0, 0.1) is 0 Å². The molecule has 0 heterocycles. The molecular formula is C37H76O11. The van der Waals surface area contributed by atoms with Crippen molar-refractivity contribution in [3.8, 4) is 0 Å². The molecule has 0 aliphatic heterocycles. The Morgan fingerprint density at radius 1 is 0.188 bits per heavy atom. The molecule has 0 N–H and O–H groups in total. The largest absolute Gasteiger partial charge is 0.379 e. The molecule has 0 bridgehead atoms. The molecule has 0 rings (SSSR count). The second-order valence-electron chi connectivity index (χ2n) is 11.6. The van der Waals surface area contributed by atoms with Gasteiger partial charge < -0.3 is 52.1 Å². The lowest BCUT2D eigenvalue weighted by Crippen LogP contribution is -2.15. The SMILES string of the molecule is CCCCCCCCCCCCCCCOCCOCCOCCOCCOCCOCCOCCOCCOCCOCCOCC. The fraction of sp³-hybridized carbons (Fsp3) is 1.00. The normalized spacial score (nSPS) is 11.6. The minimum Gasteiger partial charge on any atom is -0.379 e. The van der Waals surface area contributed by atoms with Crippen molar-refractivity contribution in [3.05, 3.63) is 0 Å². The van der Waals surface area contributed by atoms with Crippen molar-refractivity contribution in [2.75, 3.05) is 145 Å². The first-order valence-corrected chi connectivity index (χ1v) is 19.3. The molecule has 0 amide bonds. The lowest BCUT2D eigenvalue weighted by Gasteiger charge is -2.09. The third-order valence-electron chi connectivity index (χ3n) is 7.32. The monoisotopic (exact) mass is 697 g/mol. The van der Waals surface area contributed by atoms with Crippen LogP contribution in [0.1, 0.15) is 97.3 Å². The van der Waals surface area contributed by atoms with E-state index in [-0.39, 0.29) is 0 Å². The zero-order valence-corrected chi connectivity index (χ0v) is 31.2. The quantitative estimate of drug-likeness (QED) is 0.0673. The van der Waals surface area contributed by atoms with E-state index in [0.717, 1.165) is 13.0 Å². The fourth-order valence-electron chi connectivity index (χ4n) is 4.57. The highest BCUT2D eigenvalue weighted by molar-refractivity contribution is 4.49. The van der Waals surface area contributed by atoms with Gasteiger partial charge in [-0.05, 0) is 13.3 Å². The zero-order chi connectivity index (χ0) is 34.5. The molecule has 48 heavy (non-hydrogen) atoms. The summed E-state index contributed by atoms with van der Waals surface area (Å²) in [6, 6.07) is 0. The first-order valence-electron chi connectivity index (χ1n) is 19.3. The Hall–Kier alpha value is -0.440. The van der Waals surface area contributed by atoms with Gasteiger partial charge in [0.1, 0.15) is 0 Å². The van der Waals surface area contributed by atoms with Gasteiger partial charge in [-0.1, -0.05) is 84.0 Å². The average Bonchev–Trinajstić information content (AvgIpc) is 3.10. The molecule has 0 aliphatic rings. The van der Waals surface area contributed by atoms with E-state index in [1.807, 2.05) is 6.92 Å². The van der Waals surface area contributed by atoms with Crippen LogP contribution in [-0.4, -0.2) is 145 Å². The van der Waals surface area contributed by atoms with Gasteiger partial charge >= 0.3 is 0 Å². The van der Waals surface area contributed by atoms with Crippen LogP contribution in [0.4, 0.5) is 0 Å². The van der Waals surface area contributed by atoms with Gasteiger partial charge in [-0.25, -0.2) is 0 Å². The predicted octanol–water partition coefficient (Wildman–Crippen LogP) is 6.28. The maximum absolute atomic E-state index is 5.67. The average molecular weight is 697 g/mol. The summed E-state index contributed by atoms with van der Waals surface area (Å²) >= 11 is 0. The third kappa shape index (κ3) is 45.6. The fourth-order valence-corrected chi connectivity index (χ4v) is 4.57. The van der Waals surface area contributed by atoms with E-state index in [1.54, 1.807) is 0 Å². The van der Waals surface area contributed by atoms with Gasteiger partial charge in [0, 0.05) is 13.2 Å². The Labute approximate surface area is 294 Å². The van der Waals surface area contributed by atoms with Crippen molar-refractivity contribution in [1.29, 1.82) is 0 Å². The minimum atomic E-state index is 0.528. The molecule has 0 saturated carbocycles. The van der Waals surface area contributed by atoms with Crippen LogP contribution >= 0.6 is 0 Å². The summed E-state index contributed by atoms with van der Waals surface area (Å²) in [5.74, 6) is 0. The van der Waals surface area contributed by atoms with E-state index in [4.69, 9.17) is 52.1 Å². The molecular weight excluding hydrogens is 620 g/mol. The lowest BCUT2D eigenvalue weighted by atomic mass is 10.0. The first kappa shape index (κ1) is 47.6. The molecule has 0 spiro atoms. The molecule has 11 heteroatoms. The molecule has 0 aromatic carbocycles. The van der Waals surface area contributed by atoms with E-state index in [1.165, 1.54) is 77.0 Å². The van der Waals surface area contributed by atoms with Crippen LogP contribution in [0.15, 0.2) is 0 Å². The van der Waals surface area contributed by atoms with Crippen molar-refractivity contribution in [2.24, 2.45) is 0 Å². The van der Waals surface area contributed by atoms with Crippen LogP contribution in [0.2, 0.25) is 0 Å². The Balaban J connectivity index is 3.04. The maximum Gasteiger partial charge on any atom is 0.0701 e. The van der Waals surface area contributed by atoms with Crippen molar-refractivity contribution < 1.29 is 52.1 Å². The van der Waals surface area contributed by atoms with E-state index in [0.29, 0.717) is 139 Å². The van der Waals surface area contributed by atoms with Crippen molar-refractivity contribution in [1.82, 2.24) is 0 Å². The molecule has 0 radical (unpaired) electrons. The first-order chi connectivity index (χ1) is 23.9. The summed E-state index contributed by atoms with van der Waals surface area (Å²) in [7, 11) is 0. The van der Waals surface area contributed by atoms with E-state index in [2.05, 4.69) is 6.92 Å². The van der Waals surface area contributed by atoms with Crippen LogP contribution in [0.3, 0.4) is 0 Å². The molecule has 0 aromatic rings. The molecule has 290 valence electrons. The van der Waals surface area contributed by atoms with Gasteiger partial charge in [0.05, 0.1) is 132 Å². The van der Waals surface area contributed by atoms with Crippen molar-refractivity contribution in [3.63, 3.8) is 0 Å². The summed E-state index contributed by atoms with van der Waals surface area (Å²) in [4.78, 5) is 0. The molecule has 0 aromatic heterocycles. The van der Waals surface area contributed by atoms with Crippen molar-refractivity contribution >= 4 is 0 Å². The Morgan fingerprint density at radius 2 is 0.375 bits per heavy atom. The zero-order valence-electron chi connectivity index (χ0n) is 31.2. The van der Waals surface area contributed by atoms with Gasteiger partial charge in [-0.3, -0.25) is 0 Å². The highest BCUT2D eigenvalue weighted by Crippen LogP contribution is 2.12. The van der Waals surface area contributed by atoms with Crippen LogP contribution in [0.25, 0.3) is 0 Å². The van der Waals surface area contributed by atoms with Crippen LogP contribution < -0.4 is 0 Å². The Morgan fingerprint density at radius 3 is 0.604 bits per heavy atom. The number of unbranched alkanes of at least 4 members (excludes halogenated alkanes) is 12. The topological polar surface area (TPSA) is 102 Å². The minimum absolute atomic E-state index is 0.528. The summed E-state index contributed by atoms with van der Waals surface area (Å²) in [5, 5.41) is 0. The smallest absolute Gasteiger partial charge is 0.0701 e. The van der Waals surface area contributed by atoms with E-state index in [9.17, 15) is 0 Å². The molecule has 0 unspecified atom stereocenters. The highest BCUT2D eigenvalue weighted by atomic mass is 16.6. The molecule has 0 aliphatic carbocycles. The molecule has 11 nitrogen and oxygen atoms in total. The molecule has 0 fully saturated rings. The van der Waals surface area contributed by atoms with Crippen LogP contribution in [-0.2, 0) is 52.1 Å². The summed E-state index contributed by atoms with van der Waals surface area (Å²) < 4.78 is 60.2. The second-order valence-corrected chi connectivity index (χ2v) is 11.6. The van der Waals surface area contributed by atoms with Gasteiger partial charge in [0.25, 0.3) is 0 Å². The number of ether oxygens (including phenoxy) is 11. The van der Waals surface area contributed by atoms with E-state index < -0.39 is 0 Å². The maximum atomic E-state index is 5.67. The number of hydrogen-bond acceptors (Lipinski definition) is 11. The molecule has 0 saturated heterocycles. The predicted molar refractivity (Wildman–Crippen MR) is 190 cm³/mol. The van der Waals surface area contributed by atoms with Gasteiger partial charge in [0.15, 0.2) is 0 Å². The summed E-state index contributed by atoms with van der Waals surface area (Å²) in [5.41, 5.74) is 0. The molecule has 0 atom stereocenters. The number of rotatable bonds is 45. The van der Waals surface area contributed by atoms with Crippen molar-refractivity contribution in [2.45, 2.75) is 97.3 Å². The van der Waals surface area contributed by atoms with Gasteiger partial charge in [-0.2, -0.15) is 0 Å². The van der Waals surface area contributed by atoms with Gasteiger partial charge in [-0.15, -0.1) is 0 Å². The van der Waals surface area contributed by atoms with Gasteiger partial charge in [0.2, 0.25) is 0 Å². The number of hydrogen-bond donors (Lipinski definition) is 0. The van der Waals surface area contributed by atoms with E-state index >= 15 is 0 Å². The Kier molecular flexibility index (Phi) is 46.1. The van der Waals surface area contributed by atoms with Crippen LogP contribution in [0.5, 0.6) is 0 Å². The Bertz CT molecular complexity index is 499. The lowest BCUT2D eigenvalue weighted by molar-refractivity contribution is -0.0274. The summed E-state index contributed by atoms with van der Waals surface area (Å²) in [6.45, 7) is 17.0. The second kappa shape index (κ2) is 46.6. The third-order valence-corrected chi connectivity index (χ3v) is 7.32. The highest BCUT2D eigenvalue weighted by Gasteiger charge is 1.97.